The molecule has 17 heavy (non-hydrogen) atoms. The monoisotopic (exact) mass is 252 g/mol. The van der Waals surface area contributed by atoms with E-state index in [1.54, 1.807) is 0 Å². The van der Waals surface area contributed by atoms with Gasteiger partial charge in [0.25, 0.3) is 0 Å². The minimum atomic E-state index is -3.99. The first-order chi connectivity index (χ1) is 8.01. The molecule has 102 valence electrons. The highest BCUT2D eigenvalue weighted by atomic mass is 19.4. The molecular formula is C12H23F3N2. The summed E-state index contributed by atoms with van der Waals surface area (Å²) >= 11 is 0. The lowest BCUT2D eigenvalue weighted by Crippen LogP contribution is -2.42. The van der Waals surface area contributed by atoms with Crippen LogP contribution in [0.1, 0.15) is 39.0 Å². The number of nitrogens with one attached hydrogen (secondary N) is 1. The lowest BCUT2D eigenvalue weighted by molar-refractivity contribution is -0.135. The highest BCUT2D eigenvalue weighted by Crippen LogP contribution is 2.22. The largest absolute Gasteiger partial charge is 0.389 e. The smallest absolute Gasteiger partial charge is 0.314 e. The Kier molecular flexibility index (Phi) is 6.27. The fourth-order valence-electron chi connectivity index (χ4n) is 2.31. The van der Waals surface area contributed by atoms with Crippen molar-refractivity contribution in [3.8, 4) is 0 Å². The standard InChI is InChI=1S/C12H23F3N2/c1-2-16-11-5-9-17(10-6-11)8-4-3-7-12(13,14)15/h11,16H,2-10H2,1H3. The van der Waals surface area contributed by atoms with Gasteiger partial charge in [-0.1, -0.05) is 6.92 Å². The Morgan fingerprint density at radius 2 is 1.82 bits per heavy atom. The molecule has 0 spiro atoms. The second-order valence-electron chi connectivity index (χ2n) is 4.75. The molecule has 0 aromatic carbocycles. The average Bonchev–Trinajstić information content (AvgIpc) is 2.26. The first kappa shape index (κ1) is 14.8. The molecule has 0 radical (unpaired) electrons. The van der Waals surface area contributed by atoms with Crippen LogP contribution in [0.5, 0.6) is 0 Å². The predicted molar refractivity (Wildman–Crippen MR) is 63.0 cm³/mol. The molecule has 1 N–H and O–H groups in total. The Morgan fingerprint density at radius 3 is 2.35 bits per heavy atom. The van der Waals surface area contributed by atoms with Crippen molar-refractivity contribution in [1.29, 1.82) is 0 Å². The van der Waals surface area contributed by atoms with Gasteiger partial charge in [-0.25, -0.2) is 0 Å². The topological polar surface area (TPSA) is 15.3 Å². The molecule has 1 rings (SSSR count). The van der Waals surface area contributed by atoms with Crippen molar-refractivity contribution in [2.24, 2.45) is 0 Å². The summed E-state index contributed by atoms with van der Waals surface area (Å²) in [4.78, 5) is 2.28. The van der Waals surface area contributed by atoms with Crippen molar-refractivity contribution in [3.63, 3.8) is 0 Å². The predicted octanol–water partition coefficient (Wildman–Crippen LogP) is 2.79. The van der Waals surface area contributed by atoms with Crippen LogP contribution in [-0.4, -0.2) is 43.3 Å². The maximum Gasteiger partial charge on any atom is 0.389 e. The van der Waals surface area contributed by atoms with E-state index in [0.29, 0.717) is 12.5 Å². The Hall–Kier alpha value is -0.290. The molecule has 0 saturated carbocycles. The normalized spacial score (nSPS) is 19.8. The van der Waals surface area contributed by atoms with Gasteiger partial charge in [-0.05, 0) is 51.9 Å². The SMILES string of the molecule is CCNC1CCN(CCCCC(F)(F)F)CC1. The van der Waals surface area contributed by atoms with Gasteiger partial charge < -0.3 is 10.2 Å². The fourth-order valence-corrected chi connectivity index (χ4v) is 2.31. The third-order valence-electron chi connectivity index (χ3n) is 3.26. The van der Waals surface area contributed by atoms with Crippen molar-refractivity contribution in [1.82, 2.24) is 10.2 Å². The Bertz CT molecular complexity index is 198. The number of hydrogen-bond donors (Lipinski definition) is 1. The maximum absolute atomic E-state index is 11.9. The number of rotatable bonds is 6. The third kappa shape index (κ3) is 6.88. The van der Waals surface area contributed by atoms with E-state index < -0.39 is 12.6 Å². The van der Waals surface area contributed by atoms with E-state index in [9.17, 15) is 13.2 Å². The molecule has 0 unspecified atom stereocenters. The van der Waals surface area contributed by atoms with Gasteiger partial charge in [0, 0.05) is 12.5 Å². The van der Waals surface area contributed by atoms with Gasteiger partial charge in [0.05, 0.1) is 0 Å². The van der Waals surface area contributed by atoms with Gasteiger partial charge in [-0.15, -0.1) is 0 Å². The Balaban J connectivity index is 2.02. The zero-order chi connectivity index (χ0) is 12.7. The van der Waals surface area contributed by atoms with E-state index in [4.69, 9.17) is 0 Å². The summed E-state index contributed by atoms with van der Waals surface area (Å²) in [5.74, 6) is 0. The fraction of sp³-hybridized carbons (Fsp3) is 1.00. The summed E-state index contributed by atoms with van der Waals surface area (Å²) in [6.45, 7) is 5.95. The van der Waals surface area contributed by atoms with Gasteiger partial charge in [-0.2, -0.15) is 13.2 Å². The third-order valence-corrected chi connectivity index (χ3v) is 3.26. The van der Waals surface area contributed by atoms with Crippen molar-refractivity contribution in [2.75, 3.05) is 26.2 Å². The van der Waals surface area contributed by atoms with E-state index in [2.05, 4.69) is 17.1 Å². The number of nitrogens with zero attached hydrogens (tertiary/aromatic N) is 1. The molecule has 0 atom stereocenters. The van der Waals surface area contributed by atoms with Crippen LogP contribution in [0.3, 0.4) is 0 Å². The molecule has 0 bridgehead atoms. The average molecular weight is 252 g/mol. The quantitative estimate of drug-likeness (QED) is 0.731. The van der Waals surface area contributed by atoms with Crippen LogP contribution in [0, 0.1) is 0 Å². The van der Waals surface area contributed by atoms with Crippen LogP contribution in [-0.2, 0) is 0 Å². The molecule has 0 aromatic rings. The number of alkyl halides is 3. The minimum Gasteiger partial charge on any atom is -0.314 e. The van der Waals surface area contributed by atoms with Gasteiger partial charge in [0.15, 0.2) is 0 Å². The van der Waals surface area contributed by atoms with Crippen LogP contribution in [0.4, 0.5) is 13.2 Å². The minimum absolute atomic E-state index is 0.261. The van der Waals surface area contributed by atoms with Crippen LogP contribution in [0.25, 0.3) is 0 Å². The number of piperidine rings is 1. The second-order valence-corrected chi connectivity index (χ2v) is 4.75. The van der Waals surface area contributed by atoms with Crippen LogP contribution in [0.2, 0.25) is 0 Å². The van der Waals surface area contributed by atoms with Gasteiger partial charge in [0.1, 0.15) is 0 Å². The summed E-state index contributed by atoms with van der Waals surface area (Å²) in [5, 5.41) is 3.42. The van der Waals surface area contributed by atoms with Crippen LogP contribution >= 0.6 is 0 Å². The number of hydrogen-bond acceptors (Lipinski definition) is 2. The molecule has 2 nitrogen and oxygen atoms in total. The summed E-state index contributed by atoms with van der Waals surface area (Å²) in [6, 6.07) is 0.603. The summed E-state index contributed by atoms with van der Waals surface area (Å²) in [7, 11) is 0. The maximum atomic E-state index is 11.9. The number of halogens is 3. The summed E-state index contributed by atoms with van der Waals surface area (Å²) < 4.78 is 35.8. The van der Waals surface area contributed by atoms with Crippen molar-refractivity contribution < 1.29 is 13.2 Å². The zero-order valence-electron chi connectivity index (χ0n) is 10.5. The lowest BCUT2D eigenvalue weighted by Gasteiger charge is -2.32. The molecule has 5 heteroatoms. The Labute approximate surface area is 102 Å². The van der Waals surface area contributed by atoms with Gasteiger partial charge in [0.2, 0.25) is 0 Å². The molecule has 1 aliphatic heterocycles. The molecule has 1 aliphatic rings. The number of likely N-dealkylation sites (tertiary alicyclic amines) is 1. The van der Waals surface area contributed by atoms with Crippen molar-refractivity contribution >= 4 is 0 Å². The highest BCUT2D eigenvalue weighted by Gasteiger charge is 2.26. The van der Waals surface area contributed by atoms with E-state index in [-0.39, 0.29) is 6.42 Å². The lowest BCUT2D eigenvalue weighted by atomic mass is 10.0. The van der Waals surface area contributed by atoms with Gasteiger partial charge in [-0.3, -0.25) is 0 Å². The first-order valence-electron chi connectivity index (χ1n) is 6.54. The Morgan fingerprint density at radius 1 is 1.18 bits per heavy atom. The molecule has 0 amide bonds. The molecular weight excluding hydrogens is 229 g/mol. The molecule has 0 aromatic heterocycles. The molecule has 0 aliphatic carbocycles. The van der Waals surface area contributed by atoms with E-state index >= 15 is 0 Å². The first-order valence-corrected chi connectivity index (χ1v) is 6.54. The van der Waals surface area contributed by atoms with Gasteiger partial charge >= 0.3 is 6.18 Å². The van der Waals surface area contributed by atoms with Crippen molar-refractivity contribution in [3.05, 3.63) is 0 Å². The van der Waals surface area contributed by atoms with Crippen LogP contribution < -0.4 is 5.32 Å². The highest BCUT2D eigenvalue weighted by molar-refractivity contribution is 4.76. The molecule has 1 fully saturated rings. The second kappa shape index (κ2) is 7.21. The van der Waals surface area contributed by atoms with E-state index in [1.807, 2.05) is 0 Å². The van der Waals surface area contributed by atoms with E-state index in [1.165, 1.54) is 0 Å². The van der Waals surface area contributed by atoms with Crippen LogP contribution in [0.15, 0.2) is 0 Å². The summed E-state index contributed by atoms with van der Waals surface area (Å²) in [5.41, 5.74) is 0. The molecule has 1 heterocycles. The van der Waals surface area contributed by atoms with E-state index in [0.717, 1.165) is 39.0 Å². The summed E-state index contributed by atoms with van der Waals surface area (Å²) in [6.07, 6.45) is -1.47. The zero-order valence-corrected chi connectivity index (χ0v) is 10.5. The number of unbranched alkanes of at least 4 members (excludes halogenated alkanes) is 1. The van der Waals surface area contributed by atoms with Crippen molar-refractivity contribution in [2.45, 2.75) is 51.2 Å². The molecule has 1 saturated heterocycles.